The fourth-order valence-corrected chi connectivity index (χ4v) is 3.29. The largest absolute Gasteiger partial charge is 0.481 e. The zero-order valence-electron chi connectivity index (χ0n) is 16.7. The van der Waals surface area contributed by atoms with Crippen molar-refractivity contribution in [3.8, 4) is 5.88 Å². The number of aromatic nitrogens is 2. The van der Waals surface area contributed by atoms with E-state index in [0.29, 0.717) is 35.7 Å². The van der Waals surface area contributed by atoms with Crippen LogP contribution in [0.5, 0.6) is 5.88 Å². The third-order valence-corrected chi connectivity index (χ3v) is 4.87. The van der Waals surface area contributed by atoms with Crippen molar-refractivity contribution in [3.63, 3.8) is 0 Å². The molecule has 0 fully saturated rings. The molecule has 0 aliphatic rings. The van der Waals surface area contributed by atoms with E-state index < -0.39 is 0 Å². The highest BCUT2D eigenvalue weighted by atomic mass is 16.5. The molecule has 1 amide bonds. The van der Waals surface area contributed by atoms with Gasteiger partial charge in [-0.25, -0.2) is 4.98 Å². The average Bonchev–Trinajstić information content (AvgIpc) is 3.21. The quantitative estimate of drug-likeness (QED) is 0.535. The number of fused-ring (bicyclic) bond motifs is 1. The highest BCUT2D eigenvalue weighted by Gasteiger charge is 2.16. The van der Waals surface area contributed by atoms with Crippen molar-refractivity contribution in [1.82, 2.24) is 14.7 Å². The van der Waals surface area contributed by atoms with Gasteiger partial charge in [-0.3, -0.25) is 14.0 Å². The summed E-state index contributed by atoms with van der Waals surface area (Å²) in [6, 6.07) is 13.3. The van der Waals surface area contributed by atoms with Crippen LogP contribution in [0.25, 0.3) is 5.71 Å². The van der Waals surface area contributed by atoms with Crippen molar-refractivity contribution in [2.45, 2.75) is 19.9 Å². The van der Waals surface area contributed by atoms with Crippen LogP contribution in [0.4, 0.5) is 0 Å². The molecule has 0 bridgehead atoms. The van der Waals surface area contributed by atoms with E-state index >= 15 is 0 Å². The highest BCUT2D eigenvalue weighted by Crippen LogP contribution is 2.16. The Hall–Kier alpha value is -3.87. The number of rotatable bonds is 6. The number of carbonyl (C=O) groups is 1. The van der Waals surface area contributed by atoms with Gasteiger partial charge >= 0.3 is 0 Å². The summed E-state index contributed by atoms with van der Waals surface area (Å²) in [5.74, 6) is 0.243. The lowest BCUT2D eigenvalue weighted by Crippen LogP contribution is -2.22. The second kappa shape index (κ2) is 8.24. The zero-order chi connectivity index (χ0) is 21.1. The molecule has 152 valence electrons. The van der Waals surface area contributed by atoms with Crippen LogP contribution < -0.4 is 15.5 Å². The standard InChI is InChI=1S/C23H21N3O4/c1-15-21(27)18(10-16-6-4-3-5-7-16)13-26-14-19(30-23(15)26)22(28)25-12-17-8-9-24-20(11-17)29-2/h3-9,11,13-14H,10,12H2,1-2H3,(H,25,28). The molecule has 0 spiro atoms. The first-order valence-electron chi connectivity index (χ1n) is 9.50. The highest BCUT2D eigenvalue weighted by molar-refractivity contribution is 5.91. The number of methoxy groups -OCH3 is 1. The molecule has 3 heterocycles. The molecule has 1 N–H and O–H groups in total. The Morgan fingerprint density at radius 3 is 2.73 bits per heavy atom. The number of amides is 1. The summed E-state index contributed by atoms with van der Waals surface area (Å²) in [6.07, 6.45) is 5.45. The second-order valence-electron chi connectivity index (χ2n) is 6.97. The maximum atomic E-state index is 12.7. The van der Waals surface area contributed by atoms with Crippen LogP contribution in [-0.2, 0) is 13.0 Å². The lowest BCUT2D eigenvalue weighted by molar-refractivity contribution is 0.0925. The van der Waals surface area contributed by atoms with Crippen molar-refractivity contribution in [2.24, 2.45) is 0 Å². The summed E-state index contributed by atoms with van der Waals surface area (Å²) in [5.41, 5.74) is 3.30. The second-order valence-corrected chi connectivity index (χ2v) is 6.97. The topological polar surface area (TPSA) is 85.8 Å². The van der Waals surface area contributed by atoms with Gasteiger partial charge in [0.1, 0.15) is 0 Å². The Bertz CT molecular complexity index is 1260. The average molecular weight is 403 g/mol. The van der Waals surface area contributed by atoms with E-state index in [1.165, 1.54) is 7.11 Å². The van der Waals surface area contributed by atoms with Crippen LogP contribution in [0.1, 0.15) is 32.8 Å². The maximum absolute atomic E-state index is 12.7. The van der Waals surface area contributed by atoms with Gasteiger partial charge in [-0.15, -0.1) is 0 Å². The zero-order valence-corrected chi connectivity index (χ0v) is 16.7. The number of ether oxygens (including phenoxy) is 1. The van der Waals surface area contributed by atoms with Gasteiger partial charge in [-0.2, -0.15) is 0 Å². The van der Waals surface area contributed by atoms with Crippen molar-refractivity contribution in [1.29, 1.82) is 0 Å². The fraction of sp³-hybridized carbons (Fsp3) is 0.174. The molecule has 0 aliphatic carbocycles. The normalized spacial score (nSPS) is 10.9. The predicted octanol–water partition coefficient (Wildman–Crippen LogP) is 3.13. The van der Waals surface area contributed by atoms with Crippen LogP contribution in [0.2, 0.25) is 0 Å². The Kier molecular flexibility index (Phi) is 5.34. The van der Waals surface area contributed by atoms with Crippen LogP contribution in [0, 0.1) is 6.92 Å². The Morgan fingerprint density at radius 1 is 1.17 bits per heavy atom. The van der Waals surface area contributed by atoms with Crippen LogP contribution in [-0.4, -0.2) is 22.4 Å². The summed E-state index contributed by atoms with van der Waals surface area (Å²) < 4.78 is 12.5. The number of pyridine rings is 2. The molecule has 3 aromatic heterocycles. The summed E-state index contributed by atoms with van der Waals surface area (Å²) in [4.78, 5) is 29.4. The van der Waals surface area contributed by atoms with E-state index in [2.05, 4.69) is 10.3 Å². The first-order chi connectivity index (χ1) is 14.5. The van der Waals surface area contributed by atoms with Gasteiger partial charge in [0, 0.05) is 37.0 Å². The van der Waals surface area contributed by atoms with Gasteiger partial charge in [0.25, 0.3) is 5.91 Å². The van der Waals surface area contributed by atoms with Crippen molar-refractivity contribution in [2.75, 3.05) is 7.11 Å². The number of benzene rings is 1. The van der Waals surface area contributed by atoms with Crippen LogP contribution in [0.3, 0.4) is 0 Å². The molecule has 4 aromatic rings. The van der Waals surface area contributed by atoms with E-state index in [0.717, 1.165) is 11.1 Å². The van der Waals surface area contributed by atoms with E-state index in [1.54, 1.807) is 42.0 Å². The Morgan fingerprint density at radius 2 is 1.97 bits per heavy atom. The van der Waals surface area contributed by atoms with Crippen LogP contribution in [0.15, 0.2) is 70.3 Å². The molecular formula is C23H21N3O4. The Labute approximate surface area is 172 Å². The molecule has 0 saturated carbocycles. The molecule has 7 nitrogen and oxygen atoms in total. The van der Waals surface area contributed by atoms with Gasteiger partial charge in [0.05, 0.1) is 18.9 Å². The predicted molar refractivity (Wildman–Crippen MR) is 112 cm³/mol. The third kappa shape index (κ3) is 3.96. The lowest BCUT2D eigenvalue weighted by Gasteiger charge is -2.04. The van der Waals surface area contributed by atoms with Gasteiger partial charge < -0.3 is 14.5 Å². The molecule has 0 radical (unpaired) electrons. The molecule has 0 aliphatic heterocycles. The molecular weight excluding hydrogens is 382 g/mol. The van der Waals surface area contributed by atoms with E-state index in [1.807, 2.05) is 30.3 Å². The molecule has 4 rings (SSSR count). The molecule has 1 aromatic carbocycles. The number of aryl methyl sites for hydroxylation is 1. The number of oxazole rings is 1. The minimum Gasteiger partial charge on any atom is -0.481 e. The first kappa shape index (κ1) is 19.4. The fourth-order valence-electron chi connectivity index (χ4n) is 3.29. The minimum atomic E-state index is -0.370. The maximum Gasteiger partial charge on any atom is 0.288 e. The van der Waals surface area contributed by atoms with Crippen molar-refractivity contribution >= 4 is 11.6 Å². The molecule has 0 unspecified atom stereocenters. The summed E-state index contributed by atoms with van der Waals surface area (Å²) in [7, 11) is 1.54. The Balaban J connectivity index is 1.57. The number of nitrogens with zero attached hydrogens (tertiary/aromatic N) is 2. The van der Waals surface area contributed by atoms with Crippen LogP contribution >= 0.6 is 0 Å². The molecule has 0 saturated heterocycles. The van der Waals surface area contributed by atoms with Crippen molar-refractivity contribution < 1.29 is 13.9 Å². The molecule has 30 heavy (non-hydrogen) atoms. The van der Waals surface area contributed by atoms with E-state index in [-0.39, 0.29) is 17.1 Å². The van der Waals surface area contributed by atoms with Gasteiger partial charge in [-0.05, 0) is 24.1 Å². The summed E-state index contributed by atoms with van der Waals surface area (Å²) in [6.45, 7) is 2.01. The summed E-state index contributed by atoms with van der Waals surface area (Å²) >= 11 is 0. The smallest absolute Gasteiger partial charge is 0.288 e. The third-order valence-electron chi connectivity index (χ3n) is 4.87. The number of carbonyl (C=O) groups excluding carboxylic acids is 1. The molecule has 7 heteroatoms. The van der Waals surface area contributed by atoms with Gasteiger partial charge in [0.15, 0.2) is 5.43 Å². The van der Waals surface area contributed by atoms with E-state index in [4.69, 9.17) is 9.15 Å². The van der Waals surface area contributed by atoms with Gasteiger partial charge in [0.2, 0.25) is 17.4 Å². The SMILES string of the molecule is COc1cc(CNC(=O)c2cn3cc(Cc4ccccc4)c(=O)c(C)c3o2)ccn1. The summed E-state index contributed by atoms with van der Waals surface area (Å²) in [5, 5.41) is 2.81. The van der Waals surface area contributed by atoms with Gasteiger partial charge in [-0.1, -0.05) is 30.3 Å². The number of nitrogens with one attached hydrogen (secondary N) is 1. The monoisotopic (exact) mass is 403 g/mol. The lowest BCUT2D eigenvalue weighted by atomic mass is 10.0. The number of hydrogen-bond donors (Lipinski definition) is 1. The van der Waals surface area contributed by atoms with E-state index in [9.17, 15) is 9.59 Å². The number of hydrogen-bond acceptors (Lipinski definition) is 5. The first-order valence-corrected chi connectivity index (χ1v) is 9.50. The minimum absolute atomic E-state index is 0.0796. The van der Waals surface area contributed by atoms with Crippen molar-refractivity contribution in [3.05, 3.63) is 99.3 Å². The molecule has 0 atom stereocenters.